The third kappa shape index (κ3) is 3.59. The van der Waals surface area contributed by atoms with Gasteiger partial charge in [0.2, 0.25) is 0 Å². The number of hydrogen-bond acceptors (Lipinski definition) is 4. The molecule has 0 amide bonds. The maximum Gasteiger partial charge on any atom is 0.157 e. The van der Waals surface area contributed by atoms with E-state index in [1.807, 2.05) is 36.2 Å². The molecular weight excluding hydrogens is 448 g/mol. The normalized spacial score (nSPS) is 39.9. The molecule has 0 N–H and O–H groups in total. The van der Waals surface area contributed by atoms with Gasteiger partial charge >= 0.3 is 0 Å². The van der Waals surface area contributed by atoms with E-state index in [1.165, 1.54) is 51.4 Å². The number of ether oxygens (including phenoxy) is 2. The van der Waals surface area contributed by atoms with Crippen LogP contribution in [0, 0.1) is 46.3 Å². The van der Waals surface area contributed by atoms with E-state index in [2.05, 4.69) is 18.9 Å². The van der Waals surface area contributed by atoms with Crippen molar-refractivity contribution in [1.82, 2.24) is 9.78 Å². The molecule has 1 aromatic carbocycles. The summed E-state index contributed by atoms with van der Waals surface area (Å²) in [5, 5.41) is 5.62. The lowest BCUT2D eigenvalue weighted by atomic mass is 9.44. The molecule has 0 bridgehead atoms. The van der Waals surface area contributed by atoms with Crippen LogP contribution in [0.1, 0.15) is 71.6 Å². The number of hydrogen-bond donors (Lipinski definition) is 0. The van der Waals surface area contributed by atoms with Crippen LogP contribution in [0.5, 0.6) is 5.75 Å². The fourth-order valence-corrected chi connectivity index (χ4v) is 9.99. The van der Waals surface area contributed by atoms with Crippen molar-refractivity contribution in [3.63, 3.8) is 0 Å². The summed E-state index contributed by atoms with van der Waals surface area (Å²) in [7, 11) is 3.60. The highest BCUT2D eigenvalue weighted by atomic mass is 16.5. The zero-order valence-electron chi connectivity index (χ0n) is 22.7. The van der Waals surface area contributed by atoms with Crippen molar-refractivity contribution in [3.05, 3.63) is 24.4 Å². The van der Waals surface area contributed by atoms with Crippen molar-refractivity contribution in [2.75, 3.05) is 20.8 Å². The second-order valence-electron chi connectivity index (χ2n) is 13.0. The third-order valence-corrected chi connectivity index (χ3v) is 11.6. The Labute approximate surface area is 216 Å². The first kappa shape index (κ1) is 24.5. The molecule has 8 atom stereocenters. The highest BCUT2D eigenvalue weighted by Gasteiger charge is 2.62. The van der Waals surface area contributed by atoms with Gasteiger partial charge in [-0.15, -0.1) is 0 Å². The number of rotatable bonds is 6. The van der Waals surface area contributed by atoms with E-state index in [-0.39, 0.29) is 11.3 Å². The fraction of sp³-hybridized carbons (Fsp3) is 0.742. The molecule has 36 heavy (non-hydrogen) atoms. The summed E-state index contributed by atoms with van der Waals surface area (Å²) in [5.74, 6) is 5.17. The number of para-hydroxylation sites is 1. The monoisotopic (exact) mass is 492 g/mol. The van der Waals surface area contributed by atoms with Gasteiger partial charge in [-0.25, -0.2) is 0 Å². The van der Waals surface area contributed by atoms with Gasteiger partial charge in [-0.2, -0.15) is 5.10 Å². The molecule has 1 aromatic heterocycles. The zero-order valence-corrected chi connectivity index (χ0v) is 22.7. The molecule has 0 radical (unpaired) electrons. The summed E-state index contributed by atoms with van der Waals surface area (Å²) in [5.41, 5.74) is 1.43. The molecule has 4 fully saturated rings. The summed E-state index contributed by atoms with van der Waals surface area (Å²) in [6, 6.07) is 5.98. The van der Waals surface area contributed by atoms with E-state index >= 15 is 0 Å². The molecule has 8 unspecified atom stereocenters. The van der Waals surface area contributed by atoms with E-state index in [4.69, 9.17) is 9.47 Å². The lowest BCUT2D eigenvalue weighted by molar-refractivity contribution is -0.154. The Kier molecular flexibility index (Phi) is 6.21. The summed E-state index contributed by atoms with van der Waals surface area (Å²) in [6.07, 6.45) is 13.4. The quantitative estimate of drug-likeness (QED) is 0.460. The molecule has 6 rings (SSSR count). The van der Waals surface area contributed by atoms with E-state index < -0.39 is 0 Å². The third-order valence-electron chi connectivity index (χ3n) is 11.6. The van der Waals surface area contributed by atoms with E-state index in [0.717, 1.165) is 53.4 Å². The number of carbonyl (C=O) groups is 1. The van der Waals surface area contributed by atoms with Gasteiger partial charge < -0.3 is 9.47 Å². The molecule has 5 nitrogen and oxygen atoms in total. The average molecular weight is 493 g/mol. The Morgan fingerprint density at radius 2 is 1.94 bits per heavy atom. The number of methoxy groups -OCH3 is 2. The molecular formula is C31H44N2O3. The van der Waals surface area contributed by atoms with Crippen molar-refractivity contribution < 1.29 is 14.3 Å². The van der Waals surface area contributed by atoms with Crippen molar-refractivity contribution >= 4 is 16.7 Å². The summed E-state index contributed by atoms with van der Waals surface area (Å²) in [4.78, 5) is 13.9. The molecule has 0 aliphatic heterocycles. The number of carbonyl (C=O) groups excluding carboxylic acids is 1. The zero-order chi connectivity index (χ0) is 25.1. The summed E-state index contributed by atoms with van der Waals surface area (Å²) >= 11 is 0. The van der Waals surface area contributed by atoms with Gasteiger partial charge in [0.15, 0.2) is 5.78 Å². The summed E-state index contributed by atoms with van der Waals surface area (Å²) in [6.45, 7) is 6.19. The molecule has 5 heteroatoms. The second-order valence-corrected chi connectivity index (χ2v) is 13.0. The SMILES string of the molecule is COCC12CCC(C)CC1CCC1C3CCC(C(=O)Cn4ncc5cccc(OC)c54)C3(C)CCC12. The molecule has 0 spiro atoms. The lowest BCUT2D eigenvalue weighted by Crippen LogP contribution is -2.56. The van der Waals surface area contributed by atoms with Crippen LogP contribution < -0.4 is 4.74 Å². The average Bonchev–Trinajstić information content (AvgIpc) is 3.45. The maximum absolute atomic E-state index is 13.9. The van der Waals surface area contributed by atoms with Gasteiger partial charge in [-0.3, -0.25) is 9.48 Å². The number of nitrogens with zero attached hydrogens (tertiary/aromatic N) is 2. The number of Topliss-reactive ketones (excluding diaryl/α,β-unsaturated/α-hetero) is 1. The number of fused-ring (bicyclic) bond motifs is 6. The topological polar surface area (TPSA) is 53.4 Å². The minimum atomic E-state index is 0.119. The predicted molar refractivity (Wildman–Crippen MR) is 142 cm³/mol. The van der Waals surface area contributed by atoms with Crippen molar-refractivity contribution in [2.24, 2.45) is 46.3 Å². The molecule has 4 aliphatic rings. The van der Waals surface area contributed by atoms with Gasteiger partial charge in [0, 0.05) is 18.4 Å². The van der Waals surface area contributed by atoms with Crippen LogP contribution in [0.25, 0.3) is 10.9 Å². The molecule has 196 valence electrons. The molecule has 4 saturated carbocycles. The summed E-state index contributed by atoms with van der Waals surface area (Å²) < 4.78 is 13.4. The Morgan fingerprint density at radius 1 is 1.08 bits per heavy atom. The van der Waals surface area contributed by atoms with Crippen LogP contribution >= 0.6 is 0 Å². The number of benzene rings is 1. The Balaban J connectivity index is 1.24. The van der Waals surface area contributed by atoms with Crippen LogP contribution in [0.15, 0.2) is 24.4 Å². The van der Waals surface area contributed by atoms with Crippen LogP contribution in [-0.2, 0) is 16.1 Å². The van der Waals surface area contributed by atoms with Gasteiger partial charge in [-0.05, 0) is 97.9 Å². The van der Waals surface area contributed by atoms with E-state index in [9.17, 15) is 4.79 Å². The molecule has 4 aliphatic carbocycles. The Hall–Kier alpha value is -1.88. The number of ketones is 1. The molecule has 2 aromatic rings. The minimum Gasteiger partial charge on any atom is -0.494 e. The minimum absolute atomic E-state index is 0.119. The Morgan fingerprint density at radius 3 is 2.75 bits per heavy atom. The van der Waals surface area contributed by atoms with Gasteiger partial charge in [0.05, 0.1) is 19.9 Å². The van der Waals surface area contributed by atoms with E-state index in [0.29, 0.717) is 23.7 Å². The van der Waals surface area contributed by atoms with E-state index in [1.54, 1.807) is 7.11 Å². The van der Waals surface area contributed by atoms with Gasteiger partial charge in [0.25, 0.3) is 0 Å². The van der Waals surface area contributed by atoms with Crippen molar-refractivity contribution in [3.8, 4) is 5.75 Å². The van der Waals surface area contributed by atoms with Crippen LogP contribution in [-0.4, -0.2) is 36.4 Å². The second kappa shape index (κ2) is 9.15. The molecule has 0 saturated heterocycles. The smallest absolute Gasteiger partial charge is 0.157 e. The van der Waals surface area contributed by atoms with Crippen LogP contribution in [0.4, 0.5) is 0 Å². The highest BCUT2D eigenvalue weighted by molar-refractivity contribution is 5.88. The first-order chi connectivity index (χ1) is 17.4. The van der Waals surface area contributed by atoms with Crippen molar-refractivity contribution in [2.45, 2.75) is 78.2 Å². The van der Waals surface area contributed by atoms with Gasteiger partial charge in [-0.1, -0.05) is 32.4 Å². The highest BCUT2D eigenvalue weighted by Crippen LogP contribution is 2.68. The molecule has 1 heterocycles. The number of aromatic nitrogens is 2. The Bertz CT molecular complexity index is 1130. The standard InChI is InChI=1S/C31H44N2O3/c1-20-12-15-31(19-35-3)22(16-20)8-9-23-24-10-11-26(30(24,2)14-13-25(23)31)27(34)18-33-29-21(17-32-33)6-5-7-28(29)36-4/h5-7,17,20,22-26H,8-16,18-19H2,1-4H3. The largest absolute Gasteiger partial charge is 0.494 e. The van der Waals surface area contributed by atoms with Crippen molar-refractivity contribution in [1.29, 1.82) is 0 Å². The fourth-order valence-electron chi connectivity index (χ4n) is 9.99. The van der Waals surface area contributed by atoms with Gasteiger partial charge in [0.1, 0.15) is 17.8 Å². The first-order valence-corrected chi connectivity index (χ1v) is 14.4. The maximum atomic E-state index is 13.9. The first-order valence-electron chi connectivity index (χ1n) is 14.4. The van der Waals surface area contributed by atoms with Crippen LogP contribution in [0.3, 0.4) is 0 Å². The predicted octanol–water partition coefficient (Wildman–Crippen LogP) is 6.54. The van der Waals surface area contributed by atoms with Crippen LogP contribution in [0.2, 0.25) is 0 Å². The lowest BCUT2D eigenvalue weighted by Gasteiger charge is -2.61.